The average molecular weight is 504 g/mol. The summed E-state index contributed by atoms with van der Waals surface area (Å²) < 4.78 is 43.5. The van der Waals surface area contributed by atoms with E-state index in [0.29, 0.717) is 23.6 Å². The highest BCUT2D eigenvalue weighted by Gasteiger charge is 2.40. The highest BCUT2D eigenvalue weighted by molar-refractivity contribution is 6.42. The standard InChI is InChI=1S/C22H22Cl2F3N3O3/c23-17-7-6-16(10-18(17)24)33-13-19(31)30-21(8-2-1-3-9-21)20(32)29-12-15-5-4-14(11-28-15)22(25,26)27/h4-7,10-11H,1-3,8-9,12-13H2,(H,29,32)(H,30,31). The van der Waals surface area contributed by atoms with Gasteiger partial charge in [-0.2, -0.15) is 13.2 Å². The first-order valence-electron chi connectivity index (χ1n) is 10.3. The van der Waals surface area contributed by atoms with Crippen LogP contribution in [0.1, 0.15) is 43.4 Å². The Hall–Kier alpha value is -2.52. The zero-order chi connectivity index (χ0) is 24.1. The number of carbonyl (C=O) groups is 2. The summed E-state index contributed by atoms with van der Waals surface area (Å²) in [5.41, 5.74) is -1.71. The van der Waals surface area contributed by atoms with Gasteiger partial charge in [0, 0.05) is 12.3 Å². The minimum Gasteiger partial charge on any atom is -0.484 e. The van der Waals surface area contributed by atoms with E-state index in [4.69, 9.17) is 27.9 Å². The molecule has 0 spiro atoms. The van der Waals surface area contributed by atoms with Crippen molar-refractivity contribution in [1.82, 2.24) is 15.6 Å². The fourth-order valence-electron chi connectivity index (χ4n) is 3.62. The molecule has 1 saturated carbocycles. The first-order valence-corrected chi connectivity index (χ1v) is 11.0. The summed E-state index contributed by atoms with van der Waals surface area (Å²) in [6, 6.07) is 6.72. The van der Waals surface area contributed by atoms with Crippen LogP contribution in [0.5, 0.6) is 5.75 Å². The number of rotatable bonds is 7. The molecule has 0 unspecified atom stereocenters. The number of amides is 2. The van der Waals surface area contributed by atoms with Gasteiger partial charge in [-0.3, -0.25) is 14.6 Å². The van der Waals surface area contributed by atoms with Gasteiger partial charge < -0.3 is 15.4 Å². The average Bonchev–Trinajstić information content (AvgIpc) is 2.78. The lowest BCUT2D eigenvalue weighted by molar-refractivity contribution is -0.138. The zero-order valence-corrected chi connectivity index (χ0v) is 19.0. The second-order valence-corrected chi connectivity index (χ2v) is 8.59. The Morgan fingerprint density at radius 3 is 2.39 bits per heavy atom. The van der Waals surface area contributed by atoms with Crippen molar-refractivity contribution in [2.24, 2.45) is 0 Å². The van der Waals surface area contributed by atoms with Crippen LogP contribution < -0.4 is 15.4 Å². The first kappa shape index (κ1) is 25.1. The van der Waals surface area contributed by atoms with E-state index < -0.39 is 29.1 Å². The van der Waals surface area contributed by atoms with E-state index in [9.17, 15) is 22.8 Å². The van der Waals surface area contributed by atoms with Crippen LogP contribution in [0.3, 0.4) is 0 Å². The quantitative estimate of drug-likeness (QED) is 0.561. The molecule has 0 aliphatic heterocycles. The monoisotopic (exact) mass is 503 g/mol. The van der Waals surface area contributed by atoms with Crippen molar-refractivity contribution in [2.45, 2.75) is 50.4 Å². The summed E-state index contributed by atoms with van der Waals surface area (Å²) in [5.74, 6) is -0.535. The van der Waals surface area contributed by atoms with Crippen molar-refractivity contribution >= 4 is 35.0 Å². The lowest BCUT2D eigenvalue weighted by Gasteiger charge is -2.36. The summed E-state index contributed by atoms with van der Waals surface area (Å²) in [7, 11) is 0. The summed E-state index contributed by atoms with van der Waals surface area (Å²) in [4.78, 5) is 29.3. The molecule has 1 aromatic carbocycles. The molecule has 1 fully saturated rings. The van der Waals surface area contributed by atoms with E-state index in [1.54, 1.807) is 12.1 Å². The highest BCUT2D eigenvalue weighted by atomic mass is 35.5. The number of halogens is 5. The third kappa shape index (κ3) is 6.74. The number of benzene rings is 1. The lowest BCUT2D eigenvalue weighted by atomic mass is 9.80. The van der Waals surface area contributed by atoms with Crippen LogP contribution >= 0.6 is 23.2 Å². The normalized spacial score (nSPS) is 15.5. The van der Waals surface area contributed by atoms with Crippen LogP contribution in [-0.4, -0.2) is 28.9 Å². The second-order valence-electron chi connectivity index (χ2n) is 7.77. The van der Waals surface area contributed by atoms with E-state index >= 15 is 0 Å². The van der Waals surface area contributed by atoms with Crippen molar-refractivity contribution in [3.05, 3.63) is 57.8 Å². The summed E-state index contributed by atoms with van der Waals surface area (Å²) >= 11 is 11.8. The molecule has 33 heavy (non-hydrogen) atoms. The van der Waals surface area contributed by atoms with Gasteiger partial charge in [-0.05, 0) is 37.1 Å². The van der Waals surface area contributed by atoms with Gasteiger partial charge in [-0.15, -0.1) is 0 Å². The Morgan fingerprint density at radius 2 is 1.79 bits per heavy atom. The summed E-state index contributed by atoms with van der Waals surface area (Å²) in [6.45, 7) is -0.387. The van der Waals surface area contributed by atoms with E-state index in [1.807, 2.05) is 0 Å². The Kier molecular flexibility index (Phi) is 8.07. The van der Waals surface area contributed by atoms with Crippen molar-refractivity contribution < 1.29 is 27.5 Å². The molecule has 2 N–H and O–H groups in total. The fourth-order valence-corrected chi connectivity index (χ4v) is 3.91. The van der Waals surface area contributed by atoms with Gasteiger partial charge in [-0.1, -0.05) is 42.5 Å². The van der Waals surface area contributed by atoms with E-state index in [0.717, 1.165) is 31.5 Å². The predicted octanol–water partition coefficient (Wildman–Crippen LogP) is 4.92. The maximum Gasteiger partial charge on any atom is 0.417 e. The number of pyridine rings is 1. The van der Waals surface area contributed by atoms with Crippen molar-refractivity contribution in [2.75, 3.05) is 6.61 Å². The smallest absolute Gasteiger partial charge is 0.417 e. The van der Waals surface area contributed by atoms with Crippen molar-refractivity contribution in [1.29, 1.82) is 0 Å². The number of nitrogens with one attached hydrogen (secondary N) is 2. The molecular formula is C22H22Cl2F3N3O3. The number of ether oxygens (including phenoxy) is 1. The largest absolute Gasteiger partial charge is 0.484 e. The molecule has 178 valence electrons. The zero-order valence-electron chi connectivity index (χ0n) is 17.5. The Balaban J connectivity index is 1.60. The molecule has 0 bridgehead atoms. The molecule has 0 saturated heterocycles. The number of carbonyl (C=O) groups excluding carboxylic acids is 2. The van der Waals surface area contributed by atoms with Crippen LogP contribution in [0.2, 0.25) is 10.0 Å². The van der Waals surface area contributed by atoms with Crippen molar-refractivity contribution in [3.8, 4) is 5.75 Å². The molecule has 0 atom stereocenters. The van der Waals surface area contributed by atoms with Crippen LogP contribution in [-0.2, 0) is 22.3 Å². The van der Waals surface area contributed by atoms with Gasteiger partial charge in [0.2, 0.25) is 5.91 Å². The topological polar surface area (TPSA) is 80.3 Å². The van der Waals surface area contributed by atoms with Crippen LogP contribution in [0.15, 0.2) is 36.5 Å². The predicted molar refractivity (Wildman–Crippen MR) is 117 cm³/mol. The molecule has 1 heterocycles. The molecule has 1 aliphatic carbocycles. The van der Waals surface area contributed by atoms with Gasteiger partial charge in [0.25, 0.3) is 5.91 Å². The Bertz CT molecular complexity index is 995. The maximum atomic E-state index is 13.0. The lowest BCUT2D eigenvalue weighted by Crippen LogP contribution is -2.60. The molecule has 0 radical (unpaired) electrons. The minimum atomic E-state index is -4.48. The molecule has 3 rings (SSSR count). The number of alkyl halides is 3. The second kappa shape index (κ2) is 10.6. The fraction of sp³-hybridized carbons (Fsp3) is 0.409. The maximum absolute atomic E-state index is 13.0. The van der Waals surface area contributed by atoms with E-state index in [2.05, 4.69) is 15.6 Å². The molecule has 2 amide bonds. The molecule has 1 aliphatic rings. The molecular weight excluding hydrogens is 482 g/mol. The van der Waals surface area contributed by atoms with Crippen LogP contribution in [0.25, 0.3) is 0 Å². The number of hydrogen-bond donors (Lipinski definition) is 2. The van der Waals surface area contributed by atoms with E-state index in [1.165, 1.54) is 12.1 Å². The highest BCUT2D eigenvalue weighted by Crippen LogP contribution is 2.30. The number of aromatic nitrogens is 1. The molecule has 1 aromatic heterocycles. The van der Waals surface area contributed by atoms with Gasteiger partial charge in [0.15, 0.2) is 6.61 Å². The first-order chi connectivity index (χ1) is 15.6. The van der Waals surface area contributed by atoms with Gasteiger partial charge in [-0.25, -0.2) is 0 Å². The molecule has 6 nitrogen and oxygen atoms in total. The minimum absolute atomic E-state index is 0.0611. The summed E-state index contributed by atoms with van der Waals surface area (Å²) in [6.07, 6.45) is -0.439. The third-order valence-corrected chi connectivity index (χ3v) is 6.10. The van der Waals surface area contributed by atoms with Crippen molar-refractivity contribution in [3.63, 3.8) is 0 Å². The van der Waals surface area contributed by atoms with Gasteiger partial charge in [0.1, 0.15) is 11.3 Å². The van der Waals surface area contributed by atoms with Crippen LogP contribution in [0.4, 0.5) is 13.2 Å². The third-order valence-electron chi connectivity index (χ3n) is 5.36. The Labute approximate surface area is 198 Å². The number of nitrogens with zero attached hydrogens (tertiary/aromatic N) is 1. The molecule has 2 aromatic rings. The summed E-state index contributed by atoms with van der Waals surface area (Å²) in [5, 5.41) is 6.12. The van der Waals surface area contributed by atoms with Gasteiger partial charge >= 0.3 is 6.18 Å². The van der Waals surface area contributed by atoms with Gasteiger partial charge in [0.05, 0.1) is 27.8 Å². The molecule has 11 heteroatoms. The Morgan fingerprint density at radius 1 is 1.06 bits per heavy atom. The van der Waals surface area contributed by atoms with E-state index in [-0.39, 0.29) is 23.9 Å². The SMILES string of the molecule is O=C(COc1ccc(Cl)c(Cl)c1)NC1(C(=O)NCc2ccc(C(F)(F)F)cn2)CCCCC1. The van der Waals surface area contributed by atoms with Crippen LogP contribution in [0, 0.1) is 0 Å². The number of hydrogen-bond acceptors (Lipinski definition) is 4.